The molecule has 18 heavy (non-hydrogen) atoms. The second kappa shape index (κ2) is 6.45. The minimum absolute atomic E-state index is 0.0356. The third-order valence-electron chi connectivity index (χ3n) is 2.29. The molecule has 0 radical (unpaired) electrons. The molecule has 0 aliphatic heterocycles. The molecule has 1 rings (SSSR count). The Morgan fingerprint density at radius 2 is 1.72 bits per heavy atom. The average Bonchev–Trinajstić information content (AvgIpc) is 2.25. The van der Waals surface area contributed by atoms with Gasteiger partial charge in [0, 0.05) is 11.2 Å². The van der Waals surface area contributed by atoms with E-state index in [0.717, 1.165) is 11.3 Å². The Balaban J connectivity index is 2.56. The van der Waals surface area contributed by atoms with E-state index in [-0.39, 0.29) is 17.4 Å². The molecule has 0 saturated heterocycles. The molecule has 1 aromatic carbocycles. The highest BCUT2D eigenvalue weighted by Crippen LogP contribution is 2.33. The van der Waals surface area contributed by atoms with Crippen LogP contribution in [0, 0.1) is 0 Å². The summed E-state index contributed by atoms with van der Waals surface area (Å²) in [6.45, 7) is 3.84. The highest BCUT2D eigenvalue weighted by Gasteiger charge is 2.28. The van der Waals surface area contributed by atoms with Crippen molar-refractivity contribution in [2.45, 2.75) is 43.8 Å². The number of hydrogen-bond acceptors (Lipinski definition) is 1. The van der Waals surface area contributed by atoms with Gasteiger partial charge in [-0.05, 0) is 38.0 Å². The molecule has 1 unspecified atom stereocenters. The maximum atomic E-state index is 12.1. The largest absolute Gasteiger partial charge is 0.491 e. The predicted molar refractivity (Wildman–Crippen MR) is 69.2 cm³/mol. The zero-order valence-electron chi connectivity index (χ0n) is 10.3. The van der Waals surface area contributed by atoms with Crippen LogP contribution < -0.4 is 4.74 Å². The molecule has 0 saturated carbocycles. The smallest absolute Gasteiger partial charge is 0.389 e. The van der Waals surface area contributed by atoms with Crippen molar-refractivity contribution in [2.75, 3.05) is 0 Å². The van der Waals surface area contributed by atoms with E-state index < -0.39 is 12.6 Å². The number of benzene rings is 1. The van der Waals surface area contributed by atoms with Gasteiger partial charge in [-0.2, -0.15) is 13.2 Å². The normalized spacial score (nSPS) is 13.7. The van der Waals surface area contributed by atoms with Gasteiger partial charge in [-0.15, -0.1) is 0 Å². The van der Waals surface area contributed by atoms with Crippen molar-refractivity contribution in [3.05, 3.63) is 29.8 Å². The van der Waals surface area contributed by atoms with Crippen molar-refractivity contribution in [1.82, 2.24) is 0 Å². The SMILES string of the molecule is CC(C)Oc1ccc(C(Br)CCC(F)(F)F)cc1. The second-order valence-electron chi connectivity index (χ2n) is 4.36. The molecule has 5 heteroatoms. The van der Waals surface area contributed by atoms with Crippen LogP contribution in [0.5, 0.6) is 5.75 Å². The molecule has 0 fully saturated rings. The van der Waals surface area contributed by atoms with Gasteiger partial charge in [0.05, 0.1) is 6.10 Å². The van der Waals surface area contributed by atoms with Crippen LogP contribution in [0.3, 0.4) is 0 Å². The van der Waals surface area contributed by atoms with Crippen LogP contribution in [0.15, 0.2) is 24.3 Å². The van der Waals surface area contributed by atoms with Gasteiger partial charge >= 0.3 is 6.18 Å². The fourth-order valence-electron chi connectivity index (χ4n) is 1.48. The molecule has 0 heterocycles. The number of alkyl halides is 4. The fourth-order valence-corrected chi connectivity index (χ4v) is 2.02. The molecule has 1 atom stereocenters. The summed E-state index contributed by atoms with van der Waals surface area (Å²) in [4.78, 5) is -0.285. The van der Waals surface area contributed by atoms with Crippen molar-refractivity contribution >= 4 is 15.9 Å². The third kappa shape index (κ3) is 5.76. The van der Waals surface area contributed by atoms with Gasteiger partial charge in [0.25, 0.3) is 0 Å². The van der Waals surface area contributed by atoms with E-state index in [0.29, 0.717) is 0 Å². The number of halogens is 4. The predicted octanol–water partition coefficient (Wildman–Crippen LogP) is 5.25. The third-order valence-corrected chi connectivity index (χ3v) is 3.28. The Labute approximate surface area is 113 Å². The summed E-state index contributed by atoms with van der Waals surface area (Å²) in [5, 5.41) is 0. The minimum atomic E-state index is -4.10. The van der Waals surface area contributed by atoms with Gasteiger partial charge in [-0.25, -0.2) is 0 Å². The van der Waals surface area contributed by atoms with E-state index in [1.54, 1.807) is 24.3 Å². The average molecular weight is 325 g/mol. The van der Waals surface area contributed by atoms with E-state index in [1.165, 1.54) is 0 Å². The summed E-state index contributed by atoms with van der Waals surface area (Å²) < 4.78 is 41.8. The molecule has 1 nitrogen and oxygen atoms in total. The van der Waals surface area contributed by atoms with Crippen LogP contribution in [0.4, 0.5) is 13.2 Å². The Bertz CT molecular complexity index is 359. The first-order valence-corrected chi connectivity index (χ1v) is 6.67. The van der Waals surface area contributed by atoms with E-state index in [9.17, 15) is 13.2 Å². The van der Waals surface area contributed by atoms with Gasteiger partial charge in [-0.3, -0.25) is 0 Å². The van der Waals surface area contributed by atoms with Crippen LogP contribution in [0.25, 0.3) is 0 Å². The van der Waals surface area contributed by atoms with E-state index >= 15 is 0 Å². The fraction of sp³-hybridized carbons (Fsp3) is 0.538. The number of rotatable bonds is 5. The standard InChI is InChI=1S/C13H16BrF3O/c1-9(2)18-11-5-3-10(4-6-11)12(14)7-8-13(15,16)17/h3-6,9,12H,7-8H2,1-2H3. The molecule has 0 aliphatic rings. The maximum absolute atomic E-state index is 12.1. The van der Waals surface area contributed by atoms with Crippen LogP contribution in [-0.4, -0.2) is 12.3 Å². The lowest BCUT2D eigenvalue weighted by molar-refractivity contribution is -0.135. The molecule has 0 N–H and O–H groups in total. The van der Waals surface area contributed by atoms with E-state index in [2.05, 4.69) is 15.9 Å². The summed E-state index contributed by atoms with van der Waals surface area (Å²) >= 11 is 3.27. The molecular weight excluding hydrogens is 309 g/mol. The van der Waals surface area contributed by atoms with Crippen molar-refractivity contribution in [3.63, 3.8) is 0 Å². The Hall–Kier alpha value is -0.710. The van der Waals surface area contributed by atoms with Gasteiger partial charge in [0.1, 0.15) is 5.75 Å². The van der Waals surface area contributed by atoms with Crippen molar-refractivity contribution < 1.29 is 17.9 Å². The summed E-state index contributed by atoms with van der Waals surface area (Å²) in [5.41, 5.74) is 0.829. The molecule has 102 valence electrons. The van der Waals surface area contributed by atoms with Gasteiger partial charge in [0.15, 0.2) is 0 Å². The lowest BCUT2D eigenvalue weighted by Crippen LogP contribution is -2.08. The monoisotopic (exact) mass is 324 g/mol. The molecular formula is C13H16BrF3O. The topological polar surface area (TPSA) is 9.23 Å². The van der Waals surface area contributed by atoms with Crippen molar-refractivity contribution in [2.24, 2.45) is 0 Å². The maximum Gasteiger partial charge on any atom is 0.389 e. The van der Waals surface area contributed by atoms with Gasteiger partial charge in [-0.1, -0.05) is 28.1 Å². The summed E-state index contributed by atoms with van der Waals surface area (Å²) in [7, 11) is 0. The van der Waals surface area contributed by atoms with Crippen LogP contribution in [0.1, 0.15) is 37.1 Å². The lowest BCUT2D eigenvalue weighted by Gasteiger charge is -2.14. The highest BCUT2D eigenvalue weighted by atomic mass is 79.9. The molecule has 0 aromatic heterocycles. The van der Waals surface area contributed by atoms with Crippen LogP contribution in [0.2, 0.25) is 0 Å². The first-order valence-electron chi connectivity index (χ1n) is 5.75. The molecule has 0 amide bonds. The van der Waals surface area contributed by atoms with Crippen LogP contribution >= 0.6 is 15.9 Å². The van der Waals surface area contributed by atoms with Gasteiger partial charge < -0.3 is 4.74 Å². The summed E-state index contributed by atoms with van der Waals surface area (Å²) in [6, 6.07) is 7.12. The minimum Gasteiger partial charge on any atom is -0.491 e. The van der Waals surface area contributed by atoms with Crippen molar-refractivity contribution in [1.29, 1.82) is 0 Å². The number of hydrogen-bond donors (Lipinski definition) is 0. The van der Waals surface area contributed by atoms with Gasteiger partial charge in [0.2, 0.25) is 0 Å². The zero-order chi connectivity index (χ0) is 13.8. The quantitative estimate of drug-likeness (QED) is 0.672. The zero-order valence-corrected chi connectivity index (χ0v) is 11.9. The van der Waals surface area contributed by atoms with E-state index in [4.69, 9.17) is 4.74 Å². The summed E-state index contributed by atoms with van der Waals surface area (Å²) in [5.74, 6) is 0.726. The molecule has 0 bridgehead atoms. The van der Waals surface area contributed by atoms with E-state index in [1.807, 2.05) is 13.8 Å². The molecule has 0 spiro atoms. The molecule has 1 aromatic rings. The Morgan fingerprint density at radius 1 is 1.17 bits per heavy atom. The van der Waals surface area contributed by atoms with Crippen LogP contribution in [-0.2, 0) is 0 Å². The lowest BCUT2D eigenvalue weighted by atomic mass is 10.1. The molecule has 0 aliphatic carbocycles. The first-order chi connectivity index (χ1) is 8.28. The van der Waals surface area contributed by atoms with Crippen molar-refractivity contribution in [3.8, 4) is 5.75 Å². The summed E-state index contributed by atoms with van der Waals surface area (Å²) in [6.07, 6.45) is -4.77. The first kappa shape index (κ1) is 15.3. The second-order valence-corrected chi connectivity index (χ2v) is 5.46. The Morgan fingerprint density at radius 3 is 2.17 bits per heavy atom. The highest BCUT2D eigenvalue weighted by molar-refractivity contribution is 9.09. The number of ether oxygens (including phenoxy) is 1. The Kier molecular flexibility index (Phi) is 5.50.